The summed E-state index contributed by atoms with van der Waals surface area (Å²) in [6.45, 7) is 1.20. The van der Waals surface area contributed by atoms with Crippen molar-refractivity contribution in [2.75, 3.05) is 32.1 Å². The van der Waals surface area contributed by atoms with Gasteiger partial charge < -0.3 is 14.5 Å². The summed E-state index contributed by atoms with van der Waals surface area (Å²) in [4.78, 5) is 19.6. The van der Waals surface area contributed by atoms with Crippen LogP contribution in [0.5, 0.6) is 0 Å². The van der Waals surface area contributed by atoms with E-state index in [1.165, 1.54) is 28.7 Å². The molecule has 1 amide bonds. The van der Waals surface area contributed by atoms with E-state index in [2.05, 4.69) is 20.5 Å². The molecule has 12 heteroatoms. The predicted molar refractivity (Wildman–Crippen MR) is 121 cm³/mol. The van der Waals surface area contributed by atoms with E-state index in [4.69, 9.17) is 9.15 Å². The van der Waals surface area contributed by atoms with Gasteiger partial charge in [-0.2, -0.15) is 0 Å². The molecule has 0 saturated heterocycles. The Morgan fingerprint density at radius 1 is 1.21 bits per heavy atom. The van der Waals surface area contributed by atoms with Crippen molar-refractivity contribution >= 4 is 33.7 Å². The summed E-state index contributed by atoms with van der Waals surface area (Å²) >= 11 is 2.69. The van der Waals surface area contributed by atoms with E-state index in [0.717, 1.165) is 17.0 Å². The minimum absolute atomic E-state index is 0.0418. The number of anilines is 1. The number of nitrogens with zero attached hydrogens (tertiary/aromatic N) is 4. The molecule has 1 aromatic carbocycles. The number of thiazole rings is 1. The summed E-state index contributed by atoms with van der Waals surface area (Å²) in [5, 5.41) is 14.8. The van der Waals surface area contributed by atoms with Gasteiger partial charge in [0.15, 0.2) is 16.8 Å². The predicted octanol–water partition coefficient (Wildman–Crippen LogP) is 4.29. The maximum absolute atomic E-state index is 13.5. The Hall–Kier alpha value is -3.06. The second-order valence-electron chi connectivity index (χ2n) is 6.90. The van der Waals surface area contributed by atoms with Crippen LogP contribution in [-0.4, -0.2) is 52.8 Å². The quantitative estimate of drug-likeness (QED) is 0.354. The first kappa shape index (κ1) is 23.1. The topological polar surface area (TPSA) is 93.4 Å². The van der Waals surface area contributed by atoms with E-state index >= 15 is 0 Å². The molecule has 0 aliphatic carbocycles. The Kier molecular flexibility index (Phi) is 7.50. The number of hydrogen-bond donors (Lipinski definition) is 1. The minimum Gasteiger partial charge on any atom is -0.419 e. The zero-order valence-electron chi connectivity index (χ0n) is 17.5. The van der Waals surface area contributed by atoms with Crippen LogP contribution >= 0.6 is 22.7 Å². The number of rotatable bonds is 10. The molecule has 3 heterocycles. The van der Waals surface area contributed by atoms with Gasteiger partial charge in [-0.05, 0) is 29.6 Å². The fourth-order valence-corrected chi connectivity index (χ4v) is 4.30. The number of hydrogen-bond acceptors (Lipinski definition) is 9. The van der Waals surface area contributed by atoms with Gasteiger partial charge in [0, 0.05) is 24.6 Å². The summed E-state index contributed by atoms with van der Waals surface area (Å²) in [5.41, 5.74) is 0.864. The van der Waals surface area contributed by atoms with Crippen molar-refractivity contribution in [3.05, 3.63) is 58.6 Å². The first-order chi connectivity index (χ1) is 16.0. The molecular weight excluding hydrogens is 472 g/mol. The third-order valence-corrected chi connectivity index (χ3v) is 6.12. The SMILES string of the molecule is COCCN(CC(=O)Nc1nc(-c2ccc(F)c(F)c2)cs1)Cc1nnc(-c2cccs2)o1. The van der Waals surface area contributed by atoms with Crippen molar-refractivity contribution in [2.45, 2.75) is 6.54 Å². The Labute approximate surface area is 195 Å². The number of ether oxygens (including phenoxy) is 1. The highest BCUT2D eigenvalue weighted by atomic mass is 32.1. The monoisotopic (exact) mass is 491 g/mol. The van der Waals surface area contributed by atoms with Crippen molar-refractivity contribution in [2.24, 2.45) is 0 Å². The lowest BCUT2D eigenvalue weighted by molar-refractivity contribution is -0.117. The van der Waals surface area contributed by atoms with Gasteiger partial charge in [0.25, 0.3) is 5.89 Å². The molecule has 0 fully saturated rings. The molecule has 172 valence electrons. The van der Waals surface area contributed by atoms with E-state index in [9.17, 15) is 13.6 Å². The molecule has 8 nitrogen and oxygen atoms in total. The lowest BCUT2D eigenvalue weighted by Crippen LogP contribution is -2.35. The molecular formula is C21H19F2N5O3S2. The number of halogens is 2. The third-order valence-electron chi connectivity index (χ3n) is 4.50. The van der Waals surface area contributed by atoms with E-state index in [0.29, 0.717) is 41.3 Å². The van der Waals surface area contributed by atoms with Gasteiger partial charge in [-0.1, -0.05) is 6.07 Å². The molecule has 0 radical (unpaired) electrons. The van der Waals surface area contributed by atoms with Crippen molar-refractivity contribution in [1.82, 2.24) is 20.1 Å². The second-order valence-corrected chi connectivity index (χ2v) is 8.70. The lowest BCUT2D eigenvalue weighted by Gasteiger charge is -2.19. The van der Waals surface area contributed by atoms with E-state index in [1.807, 2.05) is 22.4 Å². The molecule has 0 aliphatic rings. The average Bonchev–Trinajstić information content (AvgIpc) is 3.55. The maximum Gasteiger partial charge on any atom is 0.257 e. The zero-order chi connectivity index (χ0) is 23.2. The van der Waals surface area contributed by atoms with Crippen molar-refractivity contribution in [3.8, 4) is 22.0 Å². The molecule has 0 saturated carbocycles. The number of methoxy groups -OCH3 is 1. The van der Waals surface area contributed by atoms with Crippen LogP contribution in [0.25, 0.3) is 22.0 Å². The fourth-order valence-electron chi connectivity index (χ4n) is 2.92. The van der Waals surface area contributed by atoms with Crippen LogP contribution in [0.2, 0.25) is 0 Å². The van der Waals surface area contributed by atoms with Crippen LogP contribution in [0.15, 0.2) is 45.5 Å². The fraction of sp³-hybridized carbons (Fsp3) is 0.238. The summed E-state index contributed by atoms with van der Waals surface area (Å²) in [6, 6.07) is 7.32. The Morgan fingerprint density at radius 2 is 2.09 bits per heavy atom. The van der Waals surface area contributed by atoms with Gasteiger partial charge >= 0.3 is 0 Å². The molecule has 1 N–H and O–H groups in total. The smallest absolute Gasteiger partial charge is 0.257 e. The molecule has 0 bridgehead atoms. The van der Waals surface area contributed by atoms with Crippen LogP contribution in [0.4, 0.5) is 13.9 Å². The summed E-state index contributed by atoms with van der Waals surface area (Å²) in [6.07, 6.45) is 0. The number of amides is 1. The minimum atomic E-state index is -0.955. The van der Waals surface area contributed by atoms with Crippen molar-refractivity contribution < 1.29 is 22.7 Å². The standard InChI is InChI=1S/C21H19F2N5O3S2/c1-30-7-6-28(11-19-26-27-20(31-19)17-3-2-8-32-17)10-18(29)25-21-24-16(12-33-21)13-4-5-14(22)15(23)9-13/h2-5,8-9,12H,6-7,10-11H2,1H3,(H,24,25,29). The number of nitrogens with one attached hydrogen (secondary N) is 1. The highest BCUT2D eigenvalue weighted by Crippen LogP contribution is 2.26. The largest absolute Gasteiger partial charge is 0.419 e. The second kappa shape index (κ2) is 10.7. The number of carbonyl (C=O) groups is 1. The first-order valence-electron chi connectivity index (χ1n) is 9.80. The van der Waals surface area contributed by atoms with Crippen LogP contribution in [-0.2, 0) is 16.1 Å². The Bertz CT molecular complexity index is 1210. The lowest BCUT2D eigenvalue weighted by atomic mass is 10.2. The highest BCUT2D eigenvalue weighted by molar-refractivity contribution is 7.14. The van der Waals surface area contributed by atoms with Gasteiger partial charge in [0.05, 0.1) is 30.3 Å². The van der Waals surface area contributed by atoms with E-state index in [-0.39, 0.29) is 19.0 Å². The summed E-state index contributed by atoms with van der Waals surface area (Å²) in [7, 11) is 1.58. The zero-order valence-corrected chi connectivity index (χ0v) is 19.1. The van der Waals surface area contributed by atoms with Gasteiger partial charge in [-0.3, -0.25) is 9.69 Å². The average molecular weight is 492 g/mol. The van der Waals surface area contributed by atoms with Gasteiger partial charge in [0.2, 0.25) is 11.8 Å². The van der Waals surface area contributed by atoms with Crippen molar-refractivity contribution in [3.63, 3.8) is 0 Å². The molecule has 0 atom stereocenters. The molecule has 0 unspecified atom stereocenters. The molecule has 4 rings (SSSR count). The number of aromatic nitrogens is 3. The summed E-state index contributed by atoms with van der Waals surface area (Å²) in [5.74, 6) is -1.36. The van der Waals surface area contributed by atoms with E-state index < -0.39 is 11.6 Å². The molecule has 0 aliphatic heterocycles. The Balaban J connectivity index is 1.38. The Morgan fingerprint density at radius 3 is 2.85 bits per heavy atom. The van der Waals surface area contributed by atoms with Crippen LogP contribution in [0.1, 0.15) is 5.89 Å². The number of thiophene rings is 1. The highest BCUT2D eigenvalue weighted by Gasteiger charge is 2.17. The third kappa shape index (κ3) is 6.05. The van der Waals surface area contributed by atoms with Crippen LogP contribution in [0.3, 0.4) is 0 Å². The normalized spacial score (nSPS) is 11.3. The first-order valence-corrected chi connectivity index (χ1v) is 11.6. The molecule has 0 spiro atoms. The molecule has 33 heavy (non-hydrogen) atoms. The summed E-state index contributed by atoms with van der Waals surface area (Å²) < 4.78 is 37.5. The van der Waals surface area contributed by atoms with Crippen LogP contribution < -0.4 is 5.32 Å². The van der Waals surface area contributed by atoms with Gasteiger partial charge in [-0.25, -0.2) is 13.8 Å². The van der Waals surface area contributed by atoms with E-state index in [1.54, 1.807) is 12.5 Å². The van der Waals surface area contributed by atoms with Gasteiger partial charge in [0.1, 0.15) is 0 Å². The number of benzene rings is 1. The number of carbonyl (C=O) groups excluding carboxylic acids is 1. The molecule has 3 aromatic heterocycles. The molecule has 4 aromatic rings. The van der Waals surface area contributed by atoms with Gasteiger partial charge in [-0.15, -0.1) is 32.9 Å². The maximum atomic E-state index is 13.5. The van der Waals surface area contributed by atoms with Crippen molar-refractivity contribution in [1.29, 1.82) is 0 Å². The van der Waals surface area contributed by atoms with Crippen LogP contribution in [0, 0.1) is 11.6 Å².